The first-order valence-electron chi connectivity index (χ1n) is 5.60. The Morgan fingerprint density at radius 3 is 2.75 bits per heavy atom. The summed E-state index contributed by atoms with van der Waals surface area (Å²) < 4.78 is 46.0. The summed E-state index contributed by atoms with van der Waals surface area (Å²) in [5, 5.41) is 3.24. The van der Waals surface area contributed by atoms with Crippen molar-refractivity contribution in [2.24, 2.45) is 0 Å². The molecular formula is C12H9F3N2O3. The van der Waals surface area contributed by atoms with E-state index in [2.05, 4.69) is 14.7 Å². The molecule has 0 N–H and O–H groups in total. The number of carbonyl (C=O) groups is 1. The van der Waals surface area contributed by atoms with Crippen LogP contribution in [0.15, 0.2) is 28.8 Å². The summed E-state index contributed by atoms with van der Waals surface area (Å²) in [6.07, 6.45) is -4.70. The van der Waals surface area contributed by atoms with Crippen LogP contribution in [0, 0.1) is 0 Å². The highest BCUT2D eigenvalue weighted by molar-refractivity contribution is 5.90. The van der Waals surface area contributed by atoms with Gasteiger partial charge in [0.15, 0.2) is 0 Å². The van der Waals surface area contributed by atoms with E-state index in [1.807, 2.05) is 0 Å². The lowest BCUT2D eigenvalue weighted by Crippen LogP contribution is -2.05. The van der Waals surface area contributed by atoms with Crippen molar-refractivity contribution in [2.45, 2.75) is 13.1 Å². The van der Waals surface area contributed by atoms with Gasteiger partial charge in [-0.3, -0.25) is 0 Å². The third-order valence-corrected chi connectivity index (χ3v) is 2.30. The van der Waals surface area contributed by atoms with Crippen molar-refractivity contribution >= 4 is 5.97 Å². The van der Waals surface area contributed by atoms with Crippen LogP contribution in [0.25, 0.3) is 11.4 Å². The van der Waals surface area contributed by atoms with Crippen molar-refractivity contribution in [2.75, 3.05) is 6.61 Å². The van der Waals surface area contributed by atoms with Crippen LogP contribution in [-0.4, -0.2) is 22.7 Å². The number of benzene rings is 1. The van der Waals surface area contributed by atoms with E-state index in [1.165, 1.54) is 24.3 Å². The number of ether oxygens (including phenoxy) is 1. The first kappa shape index (κ1) is 14.0. The number of alkyl halides is 3. The van der Waals surface area contributed by atoms with E-state index < -0.39 is 18.0 Å². The Labute approximate surface area is 111 Å². The number of rotatable bonds is 3. The molecule has 1 aromatic heterocycles. The lowest BCUT2D eigenvalue weighted by atomic mass is 10.1. The molecule has 2 rings (SSSR count). The van der Waals surface area contributed by atoms with Gasteiger partial charge in [0.2, 0.25) is 5.82 Å². The normalized spacial score (nSPS) is 11.4. The number of esters is 1. The zero-order chi connectivity index (χ0) is 14.8. The van der Waals surface area contributed by atoms with Gasteiger partial charge in [0.1, 0.15) is 0 Å². The fourth-order valence-electron chi connectivity index (χ4n) is 1.46. The van der Waals surface area contributed by atoms with Crippen molar-refractivity contribution in [3.05, 3.63) is 35.7 Å². The molecule has 1 aromatic carbocycles. The molecule has 0 aliphatic heterocycles. The molecule has 5 nitrogen and oxygen atoms in total. The van der Waals surface area contributed by atoms with Crippen LogP contribution < -0.4 is 0 Å². The second-order valence-corrected chi connectivity index (χ2v) is 3.72. The SMILES string of the molecule is CCOC(=O)c1cccc(-c2noc(C(F)(F)F)n2)c1. The molecule has 0 aliphatic carbocycles. The van der Waals surface area contributed by atoms with E-state index in [0.29, 0.717) is 0 Å². The molecule has 0 unspecified atom stereocenters. The Bertz CT molecular complexity index is 622. The van der Waals surface area contributed by atoms with E-state index in [4.69, 9.17) is 4.74 Å². The first-order chi connectivity index (χ1) is 9.41. The largest absolute Gasteiger partial charge is 0.471 e. The molecule has 0 amide bonds. The second-order valence-electron chi connectivity index (χ2n) is 3.72. The van der Waals surface area contributed by atoms with E-state index in [1.54, 1.807) is 6.92 Å². The van der Waals surface area contributed by atoms with Gasteiger partial charge in [-0.05, 0) is 19.1 Å². The number of nitrogens with zero attached hydrogens (tertiary/aromatic N) is 2. The molecule has 0 spiro atoms. The maximum atomic E-state index is 12.4. The van der Waals surface area contributed by atoms with E-state index in [-0.39, 0.29) is 23.6 Å². The highest BCUT2D eigenvalue weighted by atomic mass is 19.4. The third-order valence-electron chi connectivity index (χ3n) is 2.30. The average molecular weight is 286 g/mol. The molecule has 1 heterocycles. The van der Waals surface area contributed by atoms with Gasteiger partial charge in [0.25, 0.3) is 0 Å². The Morgan fingerprint density at radius 2 is 2.15 bits per heavy atom. The van der Waals surface area contributed by atoms with Crippen molar-refractivity contribution in [1.82, 2.24) is 10.1 Å². The highest BCUT2D eigenvalue weighted by Crippen LogP contribution is 2.29. The summed E-state index contributed by atoms with van der Waals surface area (Å²) in [5.41, 5.74) is 0.428. The second kappa shape index (κ2) is 5.32. The van der Waals surface area contributed by atoms with Crippen LogP contribution in [0.5, 0.6) is 0 Å². The maximum absolute atomic E-state index is 12.4. The van der Waals surface area contributed by atoms with Gasteiger partial charge in [-0.2, -0.15) is 18.2 Å². The van der Waals surface area contributed by atoms with Gasteiger partial charge in [-0.1, -0.05) is 17.3 Å². The van der Waals surface area contributed by atoms with Crippen LogP contribution in [0.3, 0.4) is 0 Å². The summed E-state index contributed by atoms with van der Waals surface area (Å²) in [6.45, 7) is 1.85. The zero-order valence-electron chi connectivity index (χ0n) is 10.3. The monoisotopic (exact) mass is 286 g/mol. The summed E-state index contributed by atoms with van der Waals surface area (Å²) in [5.74, 6) is -2.26. The molecule has 2 aromatic rings. The molecule has 8 heteroatoms. The Kier molecular flexibility index (Phi) is 3.73. The van der Waals surface area contributed by atoms with Gasteiger partial charge in [-0.25, -0.2) is 4.79 Å². The van der Waals surface area contributed by atoms with E-state index in [0.717, 1.165) is 0 Å². The number of aromatic nitrogens is 2. The minimum absolute atomic E-state index is 0.197. The molecular weight excluding hydrogens is 277 g/mol. The Hall–Kier alpha value is -2.38. The summed E-state index contributed by atoms with van der Waals surface area (Å²) in [6, 6.07) is 5.77. The van der Waals surface area contributed by atoms with Crippen molar-refractivity contribution < 1.29 is 27.2 Å². The quantitative estimate of drug-likeness (QED) is 0.812. The topological polar surface area (TPSA) is 65.2 Å². The molecule has 0 saturated heterocycles. The minimum Gasteiger partial charge on any atom is -0.462 e. The lowest BCUT2D eigenvalue weighted by Gasteiger charge is -2.02. The molecule has 0 fully saturated rings. The van der Waals surface area contributed by atoms with Crippen molar-refractivity contribution in [1.29, 1.82) is 0 Å². The molecule has 20 heavy (non-hydrogen) atoms. The van der Waals surface area contributed by atoms with Crippen LogP contribution in [0.1, 0.15) is 23.2 Å². The molecule has 0 bridgehead atoms. The Balaban J connectivity index is 2.32. The number of hydrogen-bond acceptors (Lipinski definition) is 5. The fourth-order valence-corrected chi connectivity index (χ4v) is 1.46. The zero-order valence-corrected chi connectivity index (χ0v) is 10.3. The summed E-state index contributed by atoms with van der Waals surface area (Å²) >= 11 is 0. The van der Waals surface area contributed by atoms with E-state index >= 15 is 0 Å². The highest BCUT2D eigenvalue weighted by Gasteiger charge is 2.38. The number of carbonyl (C=O) groups excluding carboxylic acids is 1. The summed E-state index contributed by atoms with van der Waals surface area (Å²) in [7, 11) is 0. The molecule has 0 radical (unpaired) electrons. The van der Waals surface area contributed by atoms with Crippen LogP contribution in [-0.2, 0) is 10.9 Å². The van der Waals surface area contributed by atoms with E-state index in [9.17, 15) is 18.0 Å². The van der Waals surface area contributed by atoms with Crippen molar-refractivity contribution in [3.63, 3.8) is 0 Å². The molecule has 0 aliphatic rings. The lowest BCUT2D eigenvalue weighted by molar-refractivity contribution is -0.159. The van der Waals surface area contributed by atoms with Crippen LogP contribution in [0.4, 0.5) is 13.2 Å². The predicted octanol–water partition coefficient (Wildman–Crippen LogP) is 2.93. The molecule has 106 valence electrons. The molecule has 0 saturated carbocycles. The fraction of sp³-hybridized carbons (Fsp3) is 0.250. The van der Waals surface area contributed by atoms with Gasteiger partial charge >= 0.3 is 18.0 Å². The Morgan fingerprint density at radius 1 is 1.40 bits per heavy atom. The third kappa shape index (κ3) is 2.95. The number of hydrogen-bond donors (Lipinski definition) is 0. The first-order valence-corrected chi connectivity index (χ1v) is 5.60. The van der Waals surface area contributed by atoms with Gasteiger partial charge in [-0.15, -0.1) is 0 Å². The maximum Gasteiger partial charge on any atom is 0.471 e. The predicted molar refractivity (Wildman–Crippen MR) is 60.7 cm³/mol. The molecule has 0 atom stereocenters. The smallest absolute Gasteiger partial charge is 0.462 e. The van der Waals surface area contributed by atoms with Crippen LogP contribution >= 0.6 is 0 Å². The summed E-state index contributed by atoms with van der Waals surface area (Å²) in [4.78, 5) is 14.8. The van der Waals surface area contributed by atoms with Gasteiger partial charge in [0, 0.05) is 5.56 Å². The minimum atomic E-state index is -4.70. The van der Waals surface area contributed by atoms with Gasteiger partial charge < -0.3 is 9.26 Å². The van der Waals surface area contributed by atoms with Gasteiger partial charge in [0.05, 0.1) is 12.2 Å². The van der Waals surface area contributed by atoms with Crippen molar-refractivity contribution in [3.8, 4) is 11.4 Å². The number of halogens is 3. The average Bonchev–Trinajstić information content (AvgIpc) is 2.89. The van der Waals surface area contributed by atoms with Crippen LogP contribution in [0.2, 0.25) is 0 Å². The standard InChI is InChI=1S/C12H9F3N2O3/c1-2-19-10(18)8-5-3-4-7(6-8)9-16-11(20-17-9)12(13,14)15/h3-6H,2H2,1H3.